The Hall–Kier alpha value is -0.610. The Morgan fingerprint density at radius 3 is 2.93 bits per heavy atom. The normalized spacial score (nSPS) is 32.5. The van der Waals surface area contributed by atoms with Crippen molar-refractivity contribution in [1.82, 2.24) is 4.90 Å². The number of rotatable bonds is 2. The maximum absolute atomic E-state index is 11.9. The maximum atomic E-state index is 11.9. The van der Waals surface area contributed by atoms with E-state index in [9.17, 15) is 4.79 Å². The predicted molar refractivity (Wildman–Crippen MR) is 52.7 cm³/mol. The lowest BCUT2D eigenvalue weighted by Crippen LogP contribution is -2.37. The summed E-state index contributed by atoms with van der Waals surface area (Å²) in [5, 5.41) is 0. The molecule has 0 aromatic rings. The van der Waals surface area contributed by atoms with E-state index in [2.05, 4.69) is 0 Å². The monoisotopic (exact) mass is 198 g/mol. The Bertz CT molecular complexity index is 214. The van der Waals surface area contributed by atoms with Crippen LogP contribution >= 0.6 is 0 Å². The van der Waals surface area contributed by atoms with E-state index in [1.807, 2.05) is 4.90 Å². The highest BCUT2D eigenvalue weighted by Gasteiger charge is 2.32. The van der Waals surface area contributed by atoms with E-state index in [1.165, 1.54) is 0 Å². The molecule has 0 bridgehead atoms. The lowest BCUT2D eigenvalue weighted by Gasteiger charge is -2.19. The molecule has 0 spiro atoms. The number of nitrogens with zero attached hydrogens (tertiary/aromatic N) is 1. The van der Waals surface area contributed by atoms with Crippen LogP contribution in [-0.2, 0) is 9.53 Å². The van der Waals surface area contributed by atoms with Gasteiger partial charge in [0.05, 0.1) is 0 Å². The fourth-order valence-electron chi connectivity index (χ4n) is 2.20. The summed E-state index contributed by atoms with van der Waals surface area (Å²) in [5.41, 5.74) is 5.58. The quantitative estimate of drug-likeness (QED) is 0.678. The van der Waals surface area contributed by atoms with Gasteiger partial charge in [-0.1, -0.05) is 0 Å². The van der Waals surface area contributed by atoms with Crippen molar-refractivity contribution in [3.63, 3.8) is 0 Å². The van der Waals surface area contributed by atoms with Gasteiger partial charge in [-0.2, -0.15) is 0 Å². The van der Waals surface area contributed by atoms with Gasteiger partial charge in [-0.05, 0) is 31.7 Å². The number of carbonyl (C=O) groups excluding carboxylic acids is 1. The molecular formula is C10H18N2O2. The Kier molecular flexibility index (Phi) is 3.03. The standard InChI is InChI=1S/C10H18N2O2/c11-6-8-3-4-12(7-8)10(13)9-2-1-5-14-9/h8-9H,1-7,11H2. The number of ether oxygens (including phenoxy) is 1. The van der Waals surface area contributed by atoms with E-state index < -0.39 is 0 Å². The molecule has 2 N–H and O–H groups in total. The van der Waals surface area contributed by atoms with Crippen LogP contribution in [0.2, 0.25) is 0 Å². The van der Waals surface area contributed by atoms with Gasteiger partial charge >= 0.3 is 0 Å². The second kappa shape index (κ2) is 4.28. The highest BCUT2D eigenvalue weighted by Crippen LogP contribution is 2.20. The lowest BCUT2D eigenvalue weighted by atomic mass is 10.1. The molecule has 2 unspecified atom stereocenters. The molecule has 0 radical (unpaired) electrons. The molecule has 2 atom stereocenters. The van der Waals surface area contributed by atoms with Crippen LogP contribution in [0, 0.1) is 5.92 Å². The fourth-order valence-corrected chi connectivity index (χ4v) is 2.20. The van der Waals surface area contributed by atoms with Gasteiger partial charge in [0, 0.05) is 19.7 Å². The molecule has 2 aliphatic heterocycles. The smallest absolute Gasteiger partial charge is 0.251 e. The molecule has 2 fully saturated rings. The van der Waals surface area contributed by atoms with Crippen LogP contribution in [0.5, 0.6) is 0 Å². The summed E-state index contributed by atoms with van der Waals surface area (Å²) in [6, 6.07) is 0. The van der Waals surface area contributed by atoms with Gasteiger partial charge in [0.15, 0.2) is 0 Å². The zero-order valence-electron chi connectivity index (χ0n) is 8.45. The van der Waals surface area contributed by atoms with Crippen molar-refractivity contribution in [2.75, 3.05) is 26.2 Å². The van der Waals surface area contributed by atoms with Gasteiger partial charge in [0.1, 0.15) is 6.10 Å². The molecule has 1 amide bonds. The van der Waals surface area contributed by atoms with Gasteiger partial charge in [0.25, 0.3) is 5.91 Å². The van der Waals surface area contributed by atoms with E-state index in [0.29, 0.717) is 12.5 Å². The van der Waals surface area contributed by atoms with Crippen LogP contribution in [-0.4, -0.2) is 43.2 Å². The lowest BCUT2D eigenvalue weighted by molar-refractivity contribution is -0.139. The second-order valence-corrected chi connectivity index (χ2v) is 4.18. The van der Waals surface area contributed by atoms with E-state index in [1.54, 1.807) is 0 Å². The molecule has 2 saturated heterocycles. The minimum Gasteiger partial charge on any atom is -0.368 e. The van der Waals surface area contributed by atoms with Crippen molar-refractivity contribution in [3.05, 3.63) is 0 Å². The zero-order valence-corrected chi connectivity index (χ0v) is 8.45. The number of amides is 1. The summed E-state index contributed by atoms with van der Waals surface area (Å²) >= 11 is 0. The first kappa shape index (κ1) is 9.93. The van der Waals surface area contributed by atoms with Crippen LogP contribution in [0.3, 0.4) is 0 Å². The van der Waals surface area contributed by atoms with Crippen LogP contribution in [0.4, 0.5) is 0 Å². The third kappa shape index (κ3) is 1.91. The molecule has 4 nitrogen and oxygen atoms in total. The second-order valence-electron chi connectivity index (χ2n) is 4.18. The van der Waals surface area contributed by atoms with Crippen molar-refractivity contribution in [2.45, 2.75) is 25.4 Å². The molecule has 0 aliphatic carbocycles. The molecule has 0 aromatic carbocycles. The van der Waals surface area contributed by atoms with Crippen LogP contribution in [0.25, 0.3) is 0 Å². The summed E-state index contributed by atoms with van der Waals surface area (Å²) in [6.07, 6.45) is 2.80. The SMILES string of the molecule is NCC1CCN(C(=O)C2CCCO2)C1. The van der Waals surface area contributed by atoms with E-state index >= 15 is 0 Å². The molecular weight excluding hydrogens is 180 g/mol. The van der Waals surface area contributed by atoms with Gasteiger partial charge in [0.2, 0.25) is 0 Å². The third-order valence-electron chi connectivity index (χ3n) is 3.14. The van der Waals surface area contributed by atoms with Gasteiger partial charge in [-0.15, -0.1) is 0 Å². The van der Waals surface area contributed by atoms with Crippen molar-refractivity contribution >= 4 is 5.91 Å². The summed E-state index contributed by atoms with van der Waals surface area (Å²) in [4.78, 5) is 13.8. The first-order valence-electron chi connectivity index (χ1n) is 5.41. The molecule has 80 valence electrons. The van der Waals surface area contributed by atoms with Gasteiger partial charge in [-0.3, -0.25) is 4.79 Å². The molecule has 2 heterocycles. The highest BCUT2D eigenvalue weighted by atomic mass is 16.5. The zero-order chi connectivity index (χ0) is 9.97. The topological polar surface area (TPSA) is 55.6 Å². The Balaban J connectivity index is 1.86. The third-order valence-corrected chi connectivity index (χ3v) is 3.14. The van der Waals surface area contributed by atoms with Gasteiger partial charge in [-0.25, -0.2) is 0 Å². The first-order chi connectivity index (χ1) is 6.81. The van der Waals surface area contributed by atoms with Crippen LogP contribution in [0.15, 0.2) is 0 Å². The average molecular weight is 198 g/mol. The summed E-state index contributed by atoms with van der Waals surface area (Å²) in [6.45, 7) is 3.12. The fraction of sp³-hybridized carbons (Fsp3) is 0.900. The molecule has 4 heteroatoms. The summed E-state index contributed by atoms with van der Waals surface area (Å²) in [5.74, 6) is 0.679. The van der Waals surface area contributed by atoms with E-state index in [4.69, 9.17) is 10.5 Å². The minimum atomic E-state index is -0.161. The molecule has 0 saturated carbocycles. The van der Waals surface area contributed by atoms with Crippen molar-refractivity contribution in [3.8, 4) is 0 Å². The first-order valence-corrected chi connectivity index (χ1v) is 5.41. The van der Waals surface area contributed by atoms with Crippen molar-refractivity contribution < 1.29 is 9.53 Å². The number of nitrogens with two attached hydrogens (primary N) is 1. The number of hydrogen-bond donors (Lipinski definition) is 1. The van der Waals surface area contributed by atoms with Crippen LogP contribution < -0.4 is 5.73 Å². The largest absolute Gasteiger partial charge is 0.368 e. The van der Waals surface area contributed by atoms with Crippen molar-refractivity contribution in [2.24, 2.45) is 11.7 Å². The Morgan fingerprint density at radius 1 is 1.50 bits per heavy atom. The Labute approximate surface area is 84.4 Å². The molecule has 14 heavy (non-hydrogen) atoms. The van der Waals surface area contributed by atoms with E-state index in [-0.39, 0.29) is 12.0 Å². The summed E-state index contributed by atoms with van der Waals surface area (Å²) in [7, 11) is 0. The summed E-state index contributed by atoms with van der Waals surface area (Å²) < 4.78 is 5.37. The van der Waals surface area contributed by atoms with Crippen molar-refractivity contribution in [1.29, 1.82) is 0 Å². The van der Waals surface area contributed by atoms with Gasteiger partial charge < -0.3 is 15.4 Å². The molecule has 2 aliphatic rings. The van der Waals surface area contributed by atoms with E-state index in [0.717, 1.165) is 39.0 Å². The average Bonchev–Trinajstić information content (AvgIpc) is 2.88. The predicted octanol–water partition coefficient (Wildman–Crippen LogP) is -0.0274. The minimum absolute atomic E-state index is 0.161. The Morgan fingerprint density at radius 2 is 2.36 bits per heavy atom. The number of hydrogen-bond acceptors (Lipinski definition) is 3. The highest BCUT2D eigenvalue weighted by molar-refractivity contribution is 5.81. The molecule has 0 aromatic heterocycles. The van der Waals surface area contributed by atoms with Crippen LogP contribution in [0.1, 0.15) is 19.3 Å². The maximum Gasteiger partial charge on any atom is 0.251 e. The number of carbonyl (C=O) groups is 1. The number of likely N-dealkylation sites (tertiary alicyclic amines) is 1. The molecule has 2 rings (SSSR count).